The molecule has 4 rings (SSSR count). The van der Waals surface area contributed by atoms with Gasteiger partial charge in [0, 0.05) is 28.1 Å². The van der Waals surface area contributed by atoms with E-state index in [1.807, 2.05) is 36.5 Å². The third kappa shape index (κ3) is 1.74. The van der Waals surface area contributed by atoms with Gasteiger partial charge >= 0.3 is 0 Å². The Kier molecular flexibility index (Phi) is 2.60. The molecule has 2 heterocycles. The molecule has 0 amide bonds. The summed E-state index contributed by atoms with van der Waals surface area (Å²) in [7, 11) is 0. The summed E-state index contributed by atoms with van der Waals surface area (Å²) < 4.78 is 6.86. The second-order valence-electron chi connectivity index (χ2n) is 4.65. The van der Waals surface area contributed by atoms with Crippen molar-refractivity contribution in [3.63, 3.8) is 0 Å². The normalized spacial score (nSPS) is 11.2. The highest BCUT2D eigenvalue weighted by Gasteiger charge is 2.11. The Hall–Kier alpha value is -2.13. The van der Waals surface area contributed by atoms with E-state index in [9.17, 15) is 0 Å². The molecule has 0 atom stereocenters. The lowest BCUT2D eigenvalue weighted by Gasteiger charge is -2.02. The van der Waals surface area contributed by atoms with Crippen molar-refractivity contribution in [3.8, 4) is 11.1 Å². The molecule has 3 heteroatoms. The highest BCUT2D eigenvalue weighted by molar-refractivity contribution is 9.10. The molecular weight excluding hydrogens is 314 g/mol. The zero-order chi connectivity index (χ0) is 13.5. The summed E-state index contributed by atoms with van der Waals surface area (Å²) in [5.41, 5.74) is 3.95. The van der Waals surface area contributed by atoms with Crippen LogP contribution < -0.4 is 0 Å². The van der Waals surface area contributed by atoms with E-state index < -0.39 is 0 Å². The highest BCUT2D eigenvalue weighted by Crippen LogP contribution is 2.35. The van der Waals surface area contributed by atoms with E-state index in [0.717, 1.165) is 37.7 Å². The van der Waals surface area contributed by atoms with Gasteiger partial charge < -0.3 is 4.42 Å². The van der Waals surface area contributed by atoms with Gasteiger partial charge in [-0.15, -0.1) is 0 Å². The number of rotatable bonds is 1. The molecule has 0 bridgehead atoms. The fourth-order valence-corrected chi connectivity index (χ4v) is 2.74. The number of furan rings is 1. The first kappa shape index (κ1) is 11.7. The SMILES string of the molecule is Brc1ccc(-c2cccc3c2oc2ccccc23)cn1. The predicted molar refractivity (Wildman–Crippen MR) is 84.7 cm³/mol. The minimum absolute atomic E-state index is 0.832. The maximum absolute atomic E-state index is 6.03. The van der Waals surface area contributed by atoms with Crippen molar-refractivity contribution < 1.29 is 4.42 Å². The van der Waals surface area contributed by atoms with Crippen LogP contribution >= 0.6 is 15.9 Å². The van der Waals surface area contributed by atoms with Crippen molar-refractivity contribution in [1.82, 2.24) is 4.98 Å². The zero-order valence-electron chi connectivity index (χ0n) is 10.5. The summed E-state index contributed by atoms with van der Waals surface area (Å²) in [5.74, 6) is 0. The van der Waals surface area contributed by atoms with Gasteiger partial charge in [-0.25, -0.2) is 4.98 Å². The van der Waals surface area contributed by atoms with Crippen LogP contribution in [0.15, 0.2) is 69.8 Å². The molecule has 0 saturated heterocycles. The number of pyridine rings is 1. The molecule has 0 spiro atoms. The number of halogens is 1. The quantitative estimate of drug-likeness (QED) is 0.438. The highest BCUT2D eigenvalue weighted by atomic mass is 79.9. The van der Waals surface area contributed by atoms with Crippen LogP contribution in [0.1, 0.15) is 0 Å². The van der Waals surface area contributed by atoms with Crippen molar-refractivity contribution in [2.75, 3.05) is 0 Å². The Morgan fingerprint density at radius 2 is 1.70 bits per heavy atom. The van der Waals surface area contributed by atoms with Gasteiger partial charge in [0.05, 0.1) is 0 Å². The first-order chi connectivity index (χ1) is 9.83. The third-order valence-corrected chi connectivity index (χ3v) is 3.91. The Morgan fingerprint density at radius 3 is 2.55 bits per heavy atom. The lowest BCUT2D eigenvalue weighted by molar-refractivity contribution is 0.670. The molecule has 0 aliphatic rings. The molecule has 20 heavy (non-hydrogen) atoms. The van der Waals surface area contributed by atoms with Crippen molar-refractivity contribution in [3.05, 3.63) is 65.4 Å². The van der Waals surface area contributed by atoms with Gasteiger partial charge in [0.15, 0.2) is 0 Å². The Labute approximate surface area is 124 Å². The first-order valence-corrected chi connectivity index (χ1v) is 7.14. The fraction of sp³-hybridized carbons (Fsp3) is 0. The Morgan fingerprint density at radius 1 is 0.850 bits per heavy atom. The second-order valence-corrected chi connectivity index (χ2v) is 5.46. The molecule has 0 unspecified atom stereocenters. The number of nitrogens with zero attached hydrogens (tertiary/aromatic N) is 1. The molecule has 2 aromatic carbocycles. The summed E-state index contributed by atoms with van der Waals surface area (Å²) in [6.45, 7) is 0. The maximum atomic E-state index is 6.03. The Balaban J connectivity index is 2.07. The average Bonchev–Trinajstić information content (AvgIpc) is 2.87. The topological polar surface area (TPSA) is 26.0 Å². The Bertz CT molecular complexity index is 909. The summed E-state index contributed by atoms with van der Waals surface area (Å²) in [5, 5.41) is 2.29. The second kappa shape index (κ2) is 4.46. The minimum atomic E-state index is 0.832. The minimum Gasteiger partial charge on any atom is -0.455 e. The van der Waals surface area contributed by atoms with E-state index in [2.05, 4.69) is 45.2 Å². The third-order valence-electron chi connectivity index (χ3n) is 3.44. The molecule has 2 aromatic heterocycles. The van der Waals surface area contributed by atoms with Gasteiger partial charge in [-0.2, -0.15) is 0 Å². The average molecular weight is 324 g/mol. The van der Waals surface area contributed by atoms with Crippen molar-refractivity contribution in [1.29, 1.82) is 0 Å². The van der Waals surface area contributed by atoms with Crippen LogP contribution in [0.25, 0.3) is 33.1 Å². The summed E-state index contributed by atoms with van der Waals surface area (Å²) in [6.07, 6.45) is 1.85. The van der Waals surface area contributed by atoms with Gasteiger partial charge in [-0.05, 0) is 28.1 Å². The number of aromatic nitrogens is 1. The van der Waals surface area contributed by atoms with Crippen LogP contribution in [-0.4, -0.2) is 4.98 Å². The molecule has 96 valence electrons. The van der Waals surface area contributed by atoms with Crippen LogP contribution in [0, 0.1) is 0 Å². The van der Waals surface area contributed by atoms with E-state index in [1.54, 1.807) is 0 Å². The van der Waals surface area contributed by atoms with Gasteiger partial charge in [0.1, 0.15) is 15.8 Å². The van der Waals surface area contributed by atoms with Crippen LogP contribution in [0.2, 0.25) is 0 Å². The predicted octanol–water partition coefficient (Wildman–Crippen LogP) is 5.41. The maximum Gasteiger partial charge on any atom is 0.143 e. The zero-order valence-corrected chi connectivity index (χ0v) is 12.1. The number of hydrogen-bond acceptors (Lipinski definition) is 2. The van der Waals surface area contributed by atoms with Gasteiger partial charge in [-0.1, -0.05) is 42.5 Å². The number of hydrogen-bond donors (Lipinski definition) is 0. The molecule has 0 aliphatic heterocycles. The molecule has 4 aromatic rings. The number of para-hydroxylation sites is 2. The largest absolute Gasteiger partial charge is 0.455 e. The first-order valence-electron chi connectivity index (χ1n) is 6.35. The van der Waals surface area contributed by atoms with Crippen LogP contribution in [0.3, 0.4) is 0 Å². The smallest absolute Gasteiger partial charge is 0.143 e. The molecule has 0 aliphatic carbocycles. The van der Waals surface area contributed by atoms with Crippen LogP contribution in [0.5, 0.6) is 0 Å². The number of benzene rings is 2. The van der Waals surface area contributed by atoms with Crippen molar-refractivity contribution >= 4 is 37.9 Å². The molecule has 2 nitrogen and oxygen atoms in total. The van der Waals surface area contributed by atoms with E-state index in [4.69, 9.17) is 4.42 Å². The fourth-order valence-electron chi connectivity index (χ4n) is 2.51. The standard InChI is InChI=1S/C17H10BrNO/c18-16-9-8-11(10-19-16)12-5-3-6-14-13-4-1-2-7-15(13)20-17(12)14/h1-10H. The van der Waals surface area contributed by atoms with E-state index >= 15 is 0 Å². The summed E-state index contributed by atoms with van der Waals surface area (Å²) >= 11 is 3.36. The van der Waals surface area contributed by atoms with Gasteiger partial charge in [0.2, 0.25) is 0 Å². The monoisotopic (exact) mass is 323 g/mol. The van der Waals surface area contributed by atoms with Gasteiger partial charge in [-0.3, -0.25) is 0 Å². The molecule has 0 fully saturated rings. The van der Waals surface area contributed by atoms with E-state index in [-0.39, 0.29) is 0 Å². The molecule has 0 N–H and O–H groups in total. The van der Waals surface area contributed by atoms with E-state index in [0.29, 0.717) is 0 Å². The summed E-state index contributed by atoms with van der Waals surface area (Å²) in [6, 6.07) is 18.3. The summed E-state index contributed by atoms with van der Waals surface area (Å²) in [4.78, 5) is 4.29. The van der Waals surface area contributed by atoms with E-state index in [1.165, 1.54) is 0 Å². The van der Waals surface area contributed by atoms with Crippen LogP contribution in [0.4, 0.5) is 0 Å². The molecule has 0 saturated carbocycles. The van der Waals surface area contributed by atoms with Crippen molar-refractivity contribution in [2.45, 2.75) is 0 Å². The lowest BCUT2D eigenvalue weighted by Crippen LogP contribution is -1.81. The van der Waals surface area contributed by atoms with Gasteiger partial charge in [0.25, 0.3) is 0 Å². The lowest BCUT2D eigenvalue weighted by atomic mass is 10.0. The molecular formula is C17H10BrNO. The number of fused-ring (bicyclic) bond motifs is 3. The van der Waals surface area contributed by atoms with Crippen molar-refractivity contribution in [2.24, 2.45) is 0 Å². The molecule has 0 radical (unpaired) electrons. The van der Waals surface area contributed by atoms with Crippen LogP contribution in [-0.2, 0) is 0 Å².